The first-order valence-corrected chi connectivity index (χ1v) is 15.6. The van der Waals surface area contributed by atoms with Crippen molar-refractivity contribution in [2.24, 2.45) is 5.92 Å². The SMILES string of the molecule is CCC(C(=O)NCC(C)C)N(Cc1ccc(C)cc1)C(=O)CN(c1ccc(C)c(C)c1)S(=O)(=O)c1ccc(C)cc1. The summed E-state index contributed by atoms with van der Waals surface area (Å²) < 4.78 is 29.2. The molecule has 8 heteroatoms. The molecule has 0 aliphatic heterocycles. The predicted molar refractivity (Wildman–Crippen MR) is 165 cm³/mol. The second-order valence-electron chi connectivity index (χ2n) is 11.2. The van der Waals surface area contributed by atoms with Crippen molar-refractivity contribution in [1.29, 1.82) is 0 Å². The Bertz CT molecular complexity index is 1450. The molecule has 2 amide bonds. The first-order valence-electron chi connectivity index (χ1n) is 14.1. The van der Waals surface area contributed by atoms with E-state index in [1.165, 1.54) is 4.90 Å². The lowest BCUT2D eigenvalue weighted by atomic mass is 10.1. The number of hydrogen-bond donors (Lipinski definition) is 1. The highest BCUT2D eigenvalue weighted by molar-refractivity contribution is 7.92. The van der Waals surface area contributed by atoms with Gasteiger partial charge in [0.15, 0.2) is 0 Å². The lowest BCUT2D eigenvalue weighted by Gasteiger charge is -2.33. The quantitative estimate of drug-likeness (QED) is 0.299. The number of anilines is 1. The van der Waals surface area contributed by atoms with E-state index >= 15 is 0 Å². The van der Waals surface area contributed by atoms with Crippen LogP contribution in [-0.2, 0) is 26.2 Å². The van der Waals surface area contributed by atoms with E-state index in [1.807, 2.05) is 78.8 Å². The van der Waals surface area contributed by atoms with Gasteiger partial charge >= 0.3 is 0 Å². The number of carbonyl (C=O) groups excluding carboxylic acids is 2. The lowest BCUT2D eigenvalue weighted by Crippen LogP contribution is -2.52. The molecule has 0 saturated carbocycles. The standard InChI is InChI=1S/C33H43N3O4S/c1-8-31(33(38)34-20-23(2)3)35(21-28-14-9-24(4)10-15-28)32(37)22-36(29-16-13-26(6)27(7)19-29)41(39,40)30-17-11-25(5)12-18-30/h9-19,23,31H,8,20-22H2,1-7H3,(H,34,38). The van der Waals surface area contributed by atoms with Crippen LogP contribution in [0.3, 0.4) is 0 Å². The molecule has 0 aliphatic carbocycles. The molecule has 0 bridgehead atoms. The Morgan fingerprint density at radius 3 is 1.95 bits per heavy atom. The zero-order valence-electron chi connectivity index (χ0n) is 25.3. The van der Waals surface area contributed by atoms with E-state index in [2.05, 4.69) is 5.32 Å². The maximum Gasteiger partial charge on any atom is 0.264 e. The van der Waals surface area contributed by atoms with Crippen LogP contribution in [0, 0.1) is 33.6 Å². The van der Waals surface area contributed by atoms with Gasteiger partial charge in [-0.15, -0.1) is 0 Å². The number of hydrogen-bond acceptors (Lipinski definition) is 4. The number of nitrogens with zero attached hydrogens (tertiary/aromatic N) is 2. The molecule has 1 unspecified atom stereocenters. The Labute approximate surface area is 245 Å². The van der Waals surface area contributed by atoms with E-state index in [0.29, 0.717) is 18.7 Å². The van der Waals surface area contributed by atoms with Crippen LogP contribution in [-0.4, -0.2) is 44.3 Å². The Morgan fingerprint density at radius 2 is 1.41 bits per heavy atom. The highest BCUT2D eigenvalue weighted by Crippen LogP contribution is 2.27. The average molecular weight is 578 g/mol. The highest BCUT2D eigenvalue weighted by atomic mass is 32.2. The Morgan fingerprint density at radius 1 is 0.829 bits per heavy atom. The van der Waals surface area contributed by atoms with Gasteiger partial charge in [-0.05, 0) is 81.0 Å². The van der Waals surface area contributed by atoms with Crippen LogP contribution in [0.1, 0.15) is 55.0 Å². The van der Waals surface area contributed by atoms with Crippen LogP contribution in [0.15, 0.2) is 71.6 Å². The van der Waals surface area contributed by atoms with Crippen molar-refractivity contribution in [3.05, 3.63) is 94.5 Å². The summed E-state index contributed by atoms with van der Waals surface area (Å²) >= 11 is 0. The smallest absolute Gasteiger partial charge is 0.264 e. The number of sulfonamides is 1. The average Bonchev–Trinajstić information content (AvgIpc) is 2.93. The molecule has 0 saturated heterocycles. The second kappa shape index (κ2) is 13.8. The maximum atomic E-state index is 14.2. The van der Waals surface area contributed by atoms with Crippen molar-refractivity contribution < 1.29 is 18.0 Å². The van der Waals surface area contributed by atoms with Crippen molar-refractivity contribution >= 4 is 27.5 Å². The van der Waals surface area contributed by atoms with Gasteiger partial charge in [0.05, 0.1) is 10.6 Å². The molecule has 0 aliphatic rings. The molecule has 0 fully saturated rings. The molecule has 0 aromatic heterocycles. The molecule has 220 valence electrons. The first-order chi connectivity index (χ1) is 19.3. The molecule has 3 aromatic rings. The minimum Gasteiger partial charge on any atom is -0.354 e. The molecule has 1 atom stereocenters. The van der Waals surface area contributed by atoms with Crippen LogP contribution >= 0.6 is 0 Å². The largest absolute Gasteiger partial charge is 0.354 e. The second-order valence-corrected chi connectivity index (χ2v) is 13.0. The number of amides is 2. The summed E-state index contributed by atoms with van der Waals surface area (Å²) in [5, 5.41) is 2.96. The molecule has 41 heavy (non-hydrogen) atoms. The Balaban J connectivity index is 2.06. The fourth-order valence-corrected chi connectivity index (χ4v) is 5.89. The van der Waals surface area contributed by atoms with Gasteiger partial charge in [0, 0.05) is 13.1 Å². The number of nitrogens with one attached hydrogen (secondary N) is 1. The number of aryl methyl sites for hydroxylation is 4. The van der Waals surface area contributed by atoms with Gasteiger partial charge in [-0.3, -0.25) is 13.9 Å². The molecule has 0 heterocycles. The third-order valence-corrected chi connectivity index (χ3v) is 9.00. The van der Waals surface area contributed by atoms with Crippen LogP contribution < -0.4 is 9.62 Å². The highest BCUT2D eigenvalue weighted by Gasteiger charge is 2.33. The summed E-state index contributed by atoms with van der Waals surface area (Å²) in [6, 6.07) is 19.0. The minimum atomic E-state index is -4.10. The van der Waals surface area contributed by atoms with Crippen LogP contribution in [0.25, 0.3) is 0 Å². The van der Waals surface area contributed by atoms with Crippen molar-refractivity contribution in [3.63, 3.8) is 0 Å². The molecule has 1 N–H and O–H groups in total. The fraction of sp³-hybridized carbons (Fsp3) is 0.394. The summed E-state index contributed by atoms with van der Waals surface area (Å²) in [5.74, 6) is -0.454. The minimum absolute atomic E-state index is 0.0981. The van der Waals surface area contributed by atoms with Gasteiger partial charge in [0.2, 0.25) is 11.8 Å². The molecular formula is C33H43N3O4S. The van der Waals surface area contributed by atoms with Gasteiger partial charge in [0.1, 0.15) is 12.6 Å². The number of rotatable bonds is 12. The zero-order chi connectivity index (χ0) is 30.3. The Hall–Kier alpha value is -3.65. The van der Waals surface area contributed by atoms with Crippen LogP contribution in [0.5, 0.6) is 0 Å². The third kappa shape index (κ3) is 8.19. The van der Waals surface area contributed by atoms with Gasteiger partial charge in [-0.25, -0.2) is 8.42 Å². The normalized spacial score (nSPS) is 12.2. The molecule has 3 rings (SSSR count). The van der Waals surface area contributed by atoms with E-state index in [9.17, 15) is 18.0 Å². The van der Waals surface area contributed by atoms with Gasteiger partial charge in [-0.1, -0.05) is 74.4 Å². The summed E-state index contributed by atoms with van der Waals surface area (Å²) in [4.78, 5) is 29.1. The number of carbonyl (C=O) groups is 2. The van der Waals surface area contributed by atoms with E-state index in [1.54, 1.807) is 36.4 Å². The maximum absolute atomic E-state index is 14.2. The number of benzene rings is 3. The van der Waals surface area contributed by atoms with E-state index in [-0.39, 0.29) is 23.3 Å². The third-order valence-electron chi connectivity index (χ3n) is 7.21. The van der Waals surface area contributed by atoms with Crippen LogP contribution in [0.2, 0.25) is 0 Å². The van der Waals surface area contributed by atoms with Crippen molar-refractivity contribution in [1.82, 2.24) is 10.2 Å². The molecule has 7 nitrogen and oxygen atoms in total. The molecule has 3 aromatic carbocycles. The first kappa shape index (κ1) is 31.9. The van der Waals surface area contributed by atoms with Crippen molar-refractivity contribution in [2.45, 2.75) is 72.4 Å². The summed E-state index contributed by atoms with van der Waals surface area (Å²) in [7, 11) is -4.10. The summed E-state index contributed by atoms with van der Waals surface area (Å²) in [5.41, 5.74) is 5.20. The topological polar surface area (TPSA) is 86.8 Å². The summed E-state index contributed by atoms with van der Waals surface area (Å²) in [6.07, 6.45) is 0.385. The zero-order valence-corrected chi connectivity index (χ0v) is 26.1. The molecule has 0 spiro atoms. The van der Waals surface area contributed by atoms with Gasteiger partial charge < -0.3 is 10.2 Å². The molecule has 0 radical (unpaired) electrons. The van der Waals surface area contributed by atoms with Gasteiger partial charge in [0.25, 0.3) is 10.0 Å². The van der Waals surface area contributed by atoms with Crippen molar-refractivity contribution in [2.75, 3.05) is 17.4 Å². The lowest BCUT2D eigenvalue weighted by molar-refractivity contribution is -0.140. The predicted octanol–water partition coefficient (Wildman–Crippen LogP) is 5.70. The monoisotopic (exact) mass is 577 g/mol. The van der Waals surface area contributed by atoms with E-state index in [4.69, 9.17) is 0 Å². The van der Waals surface area contributed by atoms with Crippen LogP contribution in [0.4, 0.5) is 5.69 Å². The van der Waals surface area contributed by atoms with E-state index < -0.39 is 28.5 Å². The molecular weight excluding hydrogens is 534 g/mol. The van der Waals surface area contributed by atoms with E-state index in [0.717, 1.165) is 32.1 Å². The van der Waals surface area contributed by atoms with Gasteiger partial charge in [-0.2, -0.15) is 0 Å². The summed E-state index contributed by atoms with van der Waals surface area (Å²) in [6.45, 7) is 13.8. The fourth-order valence-electron chi connectivity index (χ4n) is 4.48. The Kier molecular flexibility index (Phi) is 10.7. The van der Waals surface area contributed by atoms with Crippen molar-refractivity contribution in [3.8, 4) is 0 Å².